The van der Waals surface area contributed by atoms with Gasteiger partial charge in [0.1, 0.15) is 0 Å². The van der Waals surface area contributed by atoms with E-state index in [4.69, 9.17) is 28.4 Å². The van der Waals surface area contributed by atoms with Crippen molar-refractivity contribution in [2.45, 2.75) is 38.9 Å². The molecule has 0 radical (unpaired) electrons. The summed E-state index contributed by atoms with van der Waals surface area (Å²) in [4.78, 5) is 0. The number of fused-ring (bicyclic) bond motifs is 1. The minimum atomic E-state index is -0.218. The largest absolute Gasteiger partial charge is 0.502 e. The smallest absolute Gasteiger partial charge is 0.200 e. The highest BCUT2D eigenvalue weighted by Gasteiger charge is 2.48. The SMILES string of the molecule is CC(Cc1ccccc1)C(C)Cc1ccccc1.COc1cc([C@H]2OC[C@H]3[C@@H]2CO[C@@H]3c2cc(OC)c(O)c(OC)c2)cc(OC)c1O. The molecule has 6 atom stereocenters. The standard InChI is InChI=1S/C22H26O8.C18H22/c1-25-15-5-11(6-16(26-2)19(15)23)21-13-9-30-22(14(13)10-29-21)12-7-17(27-3)20(24)18(8-12)28-4;1-15(13-17-9-5-3-6-10-17)16(2)14-18-11-7-4-8-12-18/h5-8,13-14,21-24H,9-10H2,1-4H3;3-12,15-16H,13-14H2,1-2H3/t13-,14-,21+,22+;/m0./s1. The van der Waals surface area contributed by atoms with Crippen LogP contribution in [0.4, 0.5) is 0 Å². The second-order valence-electron chi connectivity index (χ2n) is 12.7. The van der Waals surface area contributed by atoms with Gasteiger partial charge in [-0.1, -0.05) is 74.5 Å². The zero-order chi connectivity index (χ0) is 34.2. The van der Waals surface area contributed by atoms with Gasteiger partial charge in [-0.05, 0) is 71.2 Å². The van der Waals surface area contributed by atoms with E-state index in [-0.39, 0.29) is 35.5 Å². The third kappa shape index (κ3) is 7.83. The summed E-state index contributed by atoms with van der Waals surface area (Å²) >= 11 is 0. The van der Waals surface area contributed by atoms with E-state index in [1.807, 2.05) is 0 Å². The molecule has 0 aliphatic carbocycles. The number of hydrogen-bond acceptors (Lipinski definition) is 8. The monoisotopic (exact) mass is 656 g/mol. The lowest BCUT2D eigenvalue weighted by Gasteiger charge is -2.20. The Morgan fingerprint density at radius 3 is 1.17 bits per heavy atom. The molecular weight excluding hydrogens is 608 g/mol. The van der Waals surface area contributed by atoms with E-state index in [1.54, 1.807) is 24.3 Å². The summed E-state index contributed by atoms with van der Waals surface area (Å²) in [5.74, 6) is 2.91. The summed E-state index contributed by atoms with van der Waals surface area (Å²) in [5, 5.41) is 20.4. The van der Waals surface area contributed by atoms with Crippen LogP contribution in [0, 0.1) is 23.7 Å². The van der Waals surface area contributed by atoms with Crippen LogP contribution in [-0.4, -0.2) is 51.9 Å². The van der Waals surface area contributed by atoms with E-state index in [9.17, 15) is 10.2 Å². The van der Waals surface area contributed by atoms with Gasteiger partial charge in [-0.3, -0.25) is 0 Å². The van der Waals surface area contributed by atoms with Crippen LogP contribution in [0.5, 0.6) is 34.5 Å². The minimum Gasteiger partial charge on any atom is -0.502 e. The third-order valence-corrected chi connectivity index (χ3v) is 9.70. The molecule has 4 aromatic carbocycles. The molecule has 0 bridgehead atoms. The molecule has 256 valence electrons. The quantitative estimate of drug-likeness (QED) is 0.168. The number of benzene rings is 4. The van der Waals surface area contributed by atoms with Crippen LogP contribution >= 0.6 is 0 Å². The van der Waals surface area contributed by atoms with Crippen LogP contribution in [0.15, 0.2) is 84.9 Å². The van der Waals surface area contributed by atoms with Crippen molar-refractivity contribution in [3.8, 4) is 34.5 Å². The van der Waals surface area contributed by atoms with E-state index in [0.717, 1.165) is 11.1 Å². The molecule has 0 amide bonds. The lowest BCUT2D eigenvalue weighted by molar-refractivity contribution is 0.0190. The van der Waals surface area contributed by atoms with Gasteiger partial charge in [0.15, 0.2) is 23.0 Å². The fourth-order valence-electron chi connectivity index (χ4n) is 6.76. The topological polar surface area (TPSA) is 95.8 Å². The van der Waals surface area contributed by atoms with Gasteiger partial charge in [0.2, 0.25) is 11.5 Å². The average Bonchev–Trinajstić information content (AvgIpc) is 3.73. The first-order valence-corrected chi connectivity index (χ1v) is 16.5. The third-order valence-electron chi connectivity index (χ3n) is 9.70. The van der Waals surface area contributed by atoms with E-state index in [2.05, 4.69) is 74.5 Å². The molecule has 48 heavy (non-hydrogen) atoms. The summed E-state index contributed by atoms with van der Waals surface area (Å²) in [7, 11) is 5.99. The predicted molar refractivity (Wildman–Crippen MR) is 185 cm³/mol. The maximum absolute atomic E-state index is 10.2. The number of methoxy groups -OCH3 is 4. The van der Waals surface area contributed by atoms with Gasteiger partial charge < -0.3 is 38.6 Å². The van der Waals surface area contributed by atoms with Gasteiger partial charge in [0.25, 0.3) is 0 Å². The van der Waals surface area contributed by atoms with Crippen molar-refractivity contribution in [3.05, 3.63) is 107 Å². The van der Waals surface area contributed by atoms with Crippen molar-refractivity contribution in [2.24, 2.45) is 23.7 Å². The zero-order valence-corrected chi connectivity index (χ0v) is 28.7. The number of ether oxygens (including phenoxy) is 6. The van der Waals surface area contributed by atoms with Crippen molar-refractivity contribution in [3.63, 3.8) is 0 Å². The lowest BCUT2D eigenvalue weighted by Crippen LogP contribution is -2.15. The van der Waals surface area contributed by atoms with Crippen molar-refractivity contribution >= 4 is 0 Å². The fourth-order valence-corrected chi connectivity index (χ4v) is 6.76. The highest BCUT2D eigenvalue weighted by atomic mass is 16.5. The fraction of sp³-hybridized carbons (Fsp3) is 0.400. The molecule has 0 saturated carbocycles. The van der Waals surface area contributed by atoms with E-state index in [0.29, 0.717) is 48.0 Å². The van der Waals surface area contributed by atoms with Crippen LogP contribution in [0.1, 0.15) is 48.3 Å². The number of phenolic OH excluding ortho intramolecular Hbond substituents is 2. The van der Waals surface area contributed by atoms with Crippen molar-refractivity contribution in [1.29, 1.82) is 0 Å². The Bertz CT molecular complexity index is 1440. The van der Waals surface area contributed by atoms with E-state index >= 15 is 0 Å². The maximum atomic E-state index is 10.2. The Labute approximate surface area is 284 Å². The van der Waals surface area contributed by atoms with E-state index in [1.165, 1.54) is 52.4 Å². The van der Waals surface area contributed by atoms with Crippen LogP contribution in [-0.2, 0) is 22.3 Å². The molecule has 2 N–H and O–H groups in total. The number of hydrogen-bond donors (Lipinski definition) is 2. The second kappa shape index (κ2) is 16.1. The molecule has 8 heteroatoms. The van der Waals surface area contributed by atoms with Gasteiger partial charge in [-0.15, -0.1) is 0 Å². The number of rotatable bonds is 11. The Kier molecular flexibility index (Phi) is 11.7. The van der Waals surface area contributed by atoms with Crippen molar-refractivity contribution in [1.82, 2.24) is 0 Å². The van der Waals surface area contributed by atoms with Gasteiger partial charge in [-0.25, -0.2) is 0 Å². The Hall–Kier alpha value is -4.40. The molecule has 0 aromatic heterocycles. The van der Waals surface area contributed by atoms with Gasteiger partial charge in [0.05, 0.1) is 53.9 Å². The molecule has 2 aliphatic rings. The summed E-state index contributed by atoms with van der Waals surface area (Å²) in [6.45, 7) is 5.75. The molecule has 0 spiro atoms. The average molecular weight is 657 g/mol. The number of phenols is 2. The lowest BCUT2D eigenvalue weighted by atomic mass is 9.84. The Morgan fingerprint density at radius 1 is 0.562 bits per heavy atom. The molecular formula is C40H48O8. The zero-order valence-electron chi connectivity index (χ0n) is 28.7. The second-order valence-corrected chi connectivity index (χ2v) is 12.7. The molecule has 8 nitrogen and oxygen atoms in total. The molecule has 2 unspecified atom stereocenters. The van der Waals surface area contributed by atoms with Gasteiger partial charge >= 0.3 is 0 Å². The highest BCUT2D eigenvalue weighted by Crippen LogP contribution is 2.53. The van der Waals surface area contributed by atoms with Crippen molar-refractivity contribution < 1.29 is 38.6 Å². The number of aromatic hydroxyl groups is 2. The van der Waals surface area contributed by atoms with Crippen LogP contribution < -0.4 is 18.9 Å². The summed E-state index contributed by atoms with van der Waals surface area (Å²) < 4.78 is 33.4. The molecule has 4 aromatic rings. The van der Waals surface area contributed by atoms with Crippen LogP contribution in [0.3, 0.4) is 0 Å². The predicted octanol–water partition coefficient (Wildman–Crippen LogP) is 7.95. The normalized spacial score (nSPS) is 21.0. The summed E-state index contributed by atoms with van der Waals surface area (Å²) in [5.41, 5.74) is 4.62. The highest BCUT2D eigenvalue weighted by molar-refractivity contribution is 5.54. The first-order chi connectivity index (χ1) is 23.3. The summed E-state index contributed by atoms with van der Waals surface area (Å²) in [6.07, 6.45) is 1.91. The first-order valence-electron chi connectivity index (χ1n) is 16.5. The molecule has 6 rings (SSSR count). The maximum Gasteiger partial charge on any atom is 0.200 e. The van der Waals surface area contributed by atoms with Gasteiger partial charge in [0, 0.05) is 11.8 Å². The first kappa shape index (κ1) is 34.9. The summed E-state index contributed by atoms with van der Waals surface area (Å²) in [6, 6.07) is 28.7. The molecule has 2 heterocycles. The Balaban J connectivity index is 0.000000214. The van der Waals surface area contributed by atoms with Crippen LogP contribution in [0.2, 0.25) is 0 Å². The molecule has 2 aliphatic heterocycles. The van der Waals surface area contributed by atoms with Crippen molar-refractivity contribution in [2.75, 3.05) is 41.7 Å². The molecule has 2 saturated heterocycles. The molecule has 2 fully saturated rings. The minimum absolute atomic E-state index is 0.0397. The van der Waals surface area contributed by atoms with Gasteiger partial charge in [-0.2, -0.15) is 0 Å². The Morgan fingerprint density at radius 2 is 0.875 bits per heavy atom. The van der Waals surface area contributed by atoms with E-state index < -0.39 is 0 Å². The van der Waals surface area contributed by atoms with Crippen LogP contribution in [0.25, 0.3) is 0 Å².